The molecule has 0 bridgehead atoms. The van der Waals surface area contributed by atoms with Gasteiger partial charge in [0.2, 0.25) is 0 Å². The molecule has 1 aromatic rings. The van der Waals surface area contributed by atoms with Crippen molar-refractivity contribution in [3.05, 3.63) is 16.6 Å². The van der Waals surface area contributed by atoms with Crippen molar-refractivity contribution in [1.82, 2.24) is 4.98 Å². The monoisotopic (exact) mass is 169 g/mol. The van der Waals surface area contributed by atoms with E-state index in [1.54, 1.807) is 23.0 Å². The second-order valence-electron chi connectivity index (χ2n) is 1.10. The molecule has 46 valence electrons. The van der Waals surface area contributed by atoms with Gasteiger partial charge in [-0.3, -0.25) is 4.98 Å². The molecule has 0 aromatic carbocycles. The average Bonchev–Trinajstić information content (AvgIpc) is 2.14. The van der Waals surface area contributed by atoms with Gasteiger partial charge in [0, 0.05) is 11.1 Å². The highest BCUT2D eigenvalue weighted by atomic mass is 35.5. The highest BCUT2D eigenvalue weighted by molar-refractivity contribution is 7.09. The summed E-state index contributed by atoms with van der Waals surface area (Å²) < 4.78 is 0. The van der Waals surface area contributed by atoms with Gasteiger partial charge >= 0.3 is 0 Å². The molecular weight excluding hydrogens is 165 g/mol. The maximum Gasteiger partial charge on any atom is 0.0794 e. The van der Waals surface area contributed by atoms with Crippen LogP contribution in [0.25, 0.3) is 0 Å². The van der Waals surface area contributed by atoms with Gasteiger partial charge in [0.05, 0.1) is 11.4 Å². The lowest BCUT2D eigenvalue weighted by atomic mass is 10.6. The quantitative estimate of drug-likeness (QED) is 0.589. The molecular formula is C4H5Cl2NS. The van der Waals surface area contributed by atoms with E-state index in [2.05, 4.69) is 4.98 Å². The Morgan fingerprint density at radius 3 is 2.75 bits per heavy atom. The van der Waals surface area contributed by atoms with Gasteiger partial charge in [-0.15, -0.1) is 35.3 Å². The smallest absolute Gasteiger partial charge is 0.0794 e. The number of hydrogen-bond acceptors (Lipinski definition) is 2. The molecule has 8 heavy (non-hydrogen) atoms. The Bertz CT molecular complexity index is 129. The number of hydrogen-bond donors (Lipinski definition) is 0. The second kappa shape index (κ2) is 4.13. The molecule has 0 radical (unpaired) electrons. The van der Waals surface area contributed by atoms with Gasteiger partial charge in [0.25, 0.3) is 0 Å². The molecule has 4 heteroatoms. The van der Waals surface area contributed by atoms with E-state index in [-0.39, 0.29) is 12.4 Å². The Balaban J connectivity index is 0.000000490. The largest absolute Gasteiger partial charge is 0.253 e. The van der Waals surface area contributed by atoms with E-state index in [0.717, 1.165) is 4.88 Å². The maximum atomic E-state index is 5.44. The second-order valence-corrected chi connectivity index (χ2v) is 2.34. The van der Waals surface area contributed by atoms with Crippen LogP contribution in [-0.4, -0.2) is 4.98 Å². The molecule has 1 nitrogen and oxygen atoms in total. The maximum absolute atomic E-state index is 5.44. The van der Waals surface area contributed by atoms with Crippen molar-refractivity contribution in [2.75, 3.05) is 0 Å². The van der Waals surface area contributed by atoms with E-state index in [0.29, 0.717) is 5.88 Å². The Hall–Kier alpha value is 0.210. The lowest BCUT2D eigenvalue weighted by Crippen LogP contribution is -1.60. The minimum atomic E-state index is 0. The van der Waals surface area contributed by atoms with Crippen molar-refractivity contribution in [2.24, 2.45) is 0 Å². The molecule has 0 aliphatic rings. The summed E-state index contributed by atoms with van der Waals surface area (Å²) in [7, 11) is 0. The number of aromatic nitrogens is 1. The van der Waals surface area contributed by atoms with E-state index < -0.39 is 0 Å². The third-order valence-corrected chi connectivity index (χ3v) is 1.84. The van der Waals surface area contributed by atoms with Crippen molar-refractivity contribution in [2.45, 2.75) is 5.88 Å². The molecule has 0 unspecified atom stereocenters. The lowest BCUT2D eigenvalue weighted by molar-refractivity contribution is 1.37. The van der Waals surface area contributed by atoms with Crippen LogP contribution in [0.5, 0.6) is 0 Å². The minimum absolute atomic E-state index is 0. The predicted molar refractivity (Wildman–Crippen MR) is 38.9 cm³/mol. The van der Waals surface area contributed by atoms with Crippen LogP contribution in [0.15, 0.2) is 11.7 Å². The zero-order valence-electron chi connectivity index (χ0n) is 4.00. The summed E-state index contributed by atoms with van der Waals surface area (Å²) in [6.07, 6.45) is 1.78. The minimum Gasteiger partial charge on any atom is -0.253 e. The summed E-state index contributed by atoms with van der Waals surface area (Å²) in [5.41, 5.74) is 1.78. The summed E-state index contributed by atoms with van der Waals surface area (Å²) in [6.45, 7) is 0. The van der Waals surface area contributed by atoms with E-state index >= 15 is 0 Å². The Morgan fingerprint density at radius 1 is 1.75 bits per heavy atom. The molecule has 1 heterocycles. The van der Waals surface area contributed by atoms with Crippen molar-refractivity contribution in [3.63, 3.8) is 0 Å². The van der Waals surface area contributed by atoms with Crippen LogP contribution in [0.2, 0.25) is 0 Å². The van der Waals surface area contributed by atoms with Gasteiger partial charge in [-0.05, 0) is 0 Å². The SMILES string of the molecule is Cl.ClCc1cncs1. The average molecular weight is 170 g/mol. The van der Waals surface area contributed by atoms with Gasteiger partial charge in [-0.2, -0.15) is 0 Å². The molecule has 0 atom stereocenters. The third-order valence-electron chi connectivity index (χ3n) is 0.615. The first-order valence-corrected chi connectivity index (χ1v) is 3.28. The number of thiazole rings is 1. The zero-order chi connectivity index (χ0) is 5.11. The van der Waals surface area contributed by atoms with Crippen LogP contribution < -0.4 is 0 Å². The summed E-state index contributed by atoms with van der Waals surface area (Å²) in [6, 6.07) is 0. The number of halogens is 2. The third kappa shape index (κ3) is 1.99. The van der Waals surface area contributed by atoms with E-state index in [9.17, 15) is 0 Å². The molecule has 0 aliphatic carbocycles. The Labute approximate surface area is 63.1 Å². The van der Waals surface area contributed by atoms with Gasteiger partial charge in [0.1, 0.15) is 0 Å². The number of rotatable bonds is 1. The van der Waals surface area contributed by atoms with E-state index in [1.165, 1.54) is 0 Å². The van der Waals surface area contributed by atoms with Gasteiger partial charge in [0.15, 0.2) is 0 Å². The molecule has 0 aliphatic heterocycles. The van der Waals surface area contributed by atoms with Crippen molar-refractivity contribution in [3.8, 4) is 0 Å². The highest BCUT2D eigenvalue weighted by Crippen LogP contribution is 2.06. The predicted octanol–water partition coefficient (Wildman–Crippen LogP) is 2.30. The molecule has 0 saturated heterocycles. The first-order chi connectivity index (χ1) is 3.43. The Kier molecular flexibility index (Phi) is 4.23. The molecule has 0 amide bonds. The van der Waals surface area contributed by atoms with Crippen LogP contribution in [-0.2, 0) is 5.88 Å². The normalized spacial score (nSPS) is 8.12. The zero-order valence-corrected chi connectivity index (χ0v) is 6.39. The van der Waals surface area contributed by atoms with Crippen LogP contribution in [0, 0.1) is 0 Å². The van der Waals surface area contributed by atoms with E-state index in [4.69, 9.17) is 11.6 Å². The summed E-state index contributed by atoms with van der Waals surface area (Å²) >= 11 is 7.02. The molecule has 0 N–H and O–H groups in total. The summed E-state index contributed by atoms with van der Waals surface area (Å²) in [5.74, 6) is 0.588. The van der Waals surface area contributed by atoms with Gasteiger partial charge in [-0.1, -0.05) is 0 Å². The fourth-order valence-electron chi connectivity index (χ4n) is 0.308. The van der Waals surface area contributed by atoms with Crippen molar-refractivity contribution >= 4 is 35.3 Å². The van der Waals surface area contributed by atoms with Crippen molar-refractivity contribution in [1.29, 1.82) is 0 Å². The molecule has 0 fully saturated rings. The van der Waals surface area contributed by atoms with Gasteiger partial charge in [-0.25, -0.2) is 0 Å². The summed E-state index contributed by atoms with van der Waals surface area (Å²) in [5, 5.41) is 0. The standard InChI is InChI=1S/C4H4ClNS.ClH/c5-1-4-2-6-3-7-4;/h2-3H,1H2;1H. The van der Waals surface area contributed by atoms with Crippen molar-refractivity contribution < 1.29 is 0 Å². The lowest BCUT2D eigenvalue weighted by Gasteiger charge is -1.74. The van der Waals surface area contributed by atoms with Crippen LogP contribution in [0.1, 0.15) is 4.88 Å². The topological polar surface area (TPSA) is 12.9 Å². The van der Waals surface area contributed by atoms with E-state index in [1.807, 2.05) is 0 Å². The first kappa shape index (κ1) is 8.21. The first-order valence-electron chi connectivity index (χ1n) is 1.87. The fourth-order valence-corrected chi connectivity index (χ4v) is 1.01. The van der Waals surface area contributed by atoms with Gasteiger partial charge < -0.3 is 0 Å². The van der Waals surface area contributed by atoms with Crippen LogP contribution in [0.4, 0.5) is 0 Å². The molecule has 1 rings (SSSR count). The highest BCUT2D eigenvalue weighted by Gasteiger charge is 1.85. The summed E-state index contributed by atoms with van der Waals surface area (Å²) in [4.78, 5) is 4.95. The number of alkyl halides is 1. The fraction of sp³-hybridized carbons (Fsp3) is 0.250. The number of nitrogens with zero attached hydrogens (tertiary/aromatic N) is 1. The molecule has 1 aromatic heterocycles. The molecule has 0 saturated carbocycles. The van der Waals surface area contributed by atoms with Crippen LogP contribution >= 0.6 is 35.3 Å². The Morgan fingerprint density at radius 2 is 2.50 bits per heavy atom. The molecule has 0 spiro atoms. The van der Waals surface area contributed by atoms with Crippen LogP contribution in [0.3, 0.4) is 0 Å².